The van der Waals surface area contributed by atoms with Crippen molar-refractivity contribution in [2.45, 2.75) is 13.8 Å². The molecule has 0 heterocycles. The van der Waals surface area contributed by atoms with Crippen molar-refractivity contribution in [1.82, 2.24) is 0 Å². The van der Waals surface area contributed by atoms with Crippen LogP contribution >= 0.6 is 15.9 Å². The van der Waals surface area contributed by atoms with E-state index in [4.69, 9.17) is 0 Å². The van der Waals surface area contributed by atoms with E-state index in [9.17, 15) is 0 Å². The van der Waals surface area contributed by atoms with Gasteiger partial charge in [0.15, 0.2) is 0 Å². The molecule has 0 aromatic heterocycles. The Bertz CT molecular complexity index is 274. The number of benzene rings is 1. The van der Waals surface area contributed by atoms with Crippen molar-refractivity contribution < 1.29 is 0 Å². The maximum Gasteiger partial charge on any atom is -0.0183 e. The van der Waals surface area contributed by atoms with Crippen LogP contribution in [0.5, 0.6) is 0 Å². The van der Waals surface area contributed by atoms with Gasteiger partial charge in [0.1, 0.15) is 0 Å². The molecule has 0 N–H and O–H groups in total. The molecule has 0 amide bonds. The molecule has 0 saturated carbocycles. The third-order valence-corrected chi connectivity index (χ3v) is 1.94. The van der Waals surface area contributed by atoms with Gasteiger partial charge < -0.3 is 0 Å². The first-order chi connectivity index (χ1) is 5.24. The second-order valence-corrected chi connectivity index (χ2v) is 3.18. The Morgan fingerprint density at radius 3 is 2.64 bits per heavy atom. The first kappa shape index (κ1) is 8.54. The van der Waals surface area contributed by atoms with E-state index in [1.165, 1.54) is 16.7 Å². The Balaban J connectivity index is 3.12. The van der Waals surface area contributed by atoms with Crippen LogP contribution < -0.4 is 0 Å². The minimum absolute atomic E-state index is 1.28. The number of halogens is 1. The van der Waals surface area contributed by atoms with Crippen molar-refractivity contribution in [3.8, 4) is 0 Å². The summed E-state index contributed by atoms with van der Waals surface area (Å²) in [5.74, 6) is 0. The van der Waals surface area contributed by atoms with Crippen molar-refractivity contribution in [2.75, 3.05) is 0 Å². The zero-order valence-corrected chi connectivity index (χ0v) is 8.35. The van der Waals surface area contributed by atoms with Crippen LogP contribution in [-0.2, 0) is 0 Å². The molecule has 0 nitrogen and oxygen atoms in total. The van der Waals surface area contributed by atoms with Gasteiger partial charge in [-0.2, -0.15) is 0 Å². The number of hydrogen-bond donors (Lipinski definition) is 0. The van der Waals surface area contributed by atoms with Gasteiger partial charge in [-0.15, -0.1) is 0 Å². The molecule has 0 aliphatic carbocycles. The molecule has 0 bridgehead atoms. The molecule has 0 saturated heterocycles. The monoisotopic (exact) mass is 210 g/mol. The SMILES string of the molecule is Cc1ccc(C)c(/C=C/Br)c1. The number of aryl methyl sites for hydroxylation is 2. The molecule has 11 heavy (non-hydrogen) atoms. The van der Waals surface area contributed by atoms with Crippen LogP contribution in [-0.4, -0.2) is 0 Å². The summed E-state index contributed by atoms with van der Waals surface area (Å²) in [6.07, 6.45) is 2.06. The Morgan fingerprint density at radius 2 is 2.00 bits per heavy atom. The predicted molar refractivity (Wildman–Crippen MR) is 53.9 cm³/mol. The molecule has 1 heteroatoms. The first-order valence-electron chi connectivity index (χ1n) is 3.58. The van der Waals surface area contributed by atoms with Gasteiger partial charge in [-0.3, -0.25) is 0 Å². The average Bonchev–Trinajstić information content (AvgIpc) is 1.98. The van der Waals surface area contributed by atoms with E-state index in [1.807, 2.05) is 4.99 Å². The minimum Gasteiger partial charge on any atom is -0.0595 e. The molecule has 0 unspecified atom stereocenters. The summed E-state index contributed by atoms with van der Waals surface area (Å²) in [4.78, 5) is 1.88. The third kappa shape index (κ3) is 2.19. The summed E-state index contributed by atoms with van der Waals surface area (Å²) < 4.78 is 0. The largest absolute Gasteiger partial charge is 0.0595 e. The van der Waals surface area contributed by atoms with Crippen molar-refractivity contribution in [3.63, 3.8) is 0 Å². The maximum atomic E-state index is 3.26. The van der Waals surface area contributed by atoms with Gasteiger partial charge in [0.05, 0.1) is 0 Å². The van der Waals surface area contributed by atoms with Gasteiger partial charge in [-0.25, -0.2) is 0 Å². The van der Waals surface area contributed by atoms with E-state index in [0.29, 0.717) is 0 Å². The van der Waals surface area contributed by atoms with Gasteiger partial charge in [0.25, 0.3) is 0 Å². The van der Waals surface area contributed by atoms with Crippen LogP contribution in [0.25, 0.3) is 6.08 Å². The molecule has 0 atom stereocenters. The molecule has 1 aromatic carbocycles. The van der Waals surface area contributed by atoms with Gasteiger partial charge in [0, 0.05) is 0 Å². The van der Waals surface area contributed by atoms with E-state index < -0.39 is 0 Å². The maximum absolute atomic E-state index is 3.26. The molecule has 58 valence electrons. The second-order valence-electron chi connectivity index (χ2n) is 2.65. The topological polar surface area (TPSA) is 0 Å². The van der Waals surface area contributed by atoms with E-state index in [1.54, 1.807) is 0 Å². The van der Waals surface area contributed by atoms with E-state index >= 15 is 0 Å². The molecule has 1 rings (SSSR count). The van der Waals surface area contributed by atoms with Crippen molar-refractivity contribution in [2.24, 2.45) is 0 Å². The van der Waals surface area contributed by atoms with E-state index in [-0.39, 0.29) is 0 Å². The molecular weight excluding hydrogens is 200 g/mol. The molecule has 1 aromatic rings. The molecule has 0 aliphatic heterocycles. The number of hydrogen-bond acceptors (Lipinski definition) is 0. The summed E-state index contributed by atoms with van der Waals surface area (Å²) >= 11 is 3.26. The standard InChI is InChI=1S/C10H11Br/c1-8-3-4-9(2)10(7-8)5-6-11/h3-7H,1-2H3/b6-5+. The Hall–Kier alpha value is -0.560. The highest BCUT2D eigenvalue weighted by atomic mass is 79.9. The normalized spacial score (nSPS) is 10.8. The molecular formula is C10H11Br. The molecule has 0 aliphatic rings. The lowest BCUT2D eigenvalue weighted by Crippen LogP contribution is -1.80. The lowest BCUT2D eigenvalue weighted by atomic mass is 10.1. The van der Waals surface area contributed by atoms with Crippen LogP contribution in [0.4, 0.5) is 0 Å². The van der Waals surface area contributed by atoms with Gasteiger partial charge in [-0.05, 0) is 36.0 Å². The first-order valence-corrected chi connectivity index (χ1v) is 4.49. The van der Waals surface area contributed by atoms with Gasteiger partial charge in [-0.1, -0.05) is 39.7 Å². The van der Waals surface area contributed by atoms with Crippen molar-refractivity contribution in [1.29, 1.82) is 0 Å². The second kappa shape index (κ2) is 3.72. The lowest BCUT2D eigenvalue weighted by molar-refractivity contribution is 1.38. The summed E-state index contributed by atoms with van der Waals surface area (Å²) in [6, 6.07) is 6.44. The average molecular weight is 211 g/mol. The van der Waals surface area contributed by atoms with E-state index in [0.717, 1.165) is 0 Å². The zero-order chi connectivity index (χ0) is 8.27. The fourth-order valence-corrected chi connectivity index (χ4v) is 1.29. The summed E-state index contributed by atoms with van der Waals surface area (Å²) in [6.45, 7) is 4.22. The highest BCUT2D eigenvalue weighted by molar-refractivity contribution is 9.11. The number of rotatable bonds is 1. The summed E-state index contributed by atoms with van der Waals surface area (Å²) in [7, 11) is 0. The fraction of sp³-hybridized carbons (Fsp3) is 0.200. The molecule has 0 spiro atoms. The van der Waals surface area contributed by atoms with Crippen LogP contribution in [0.2, 0.25) is 0 Å². The smallest absolute Gasteiger partial charge is 0.0183 e. The van der Waals surface area contributed by atoms with E-state index in [2.05, 4.69) is 54.1 Å². The summed E-state index contributed by atoms with van der Waals surface area (Å²) in [5.41, 5.74) is 3.89. The van der Waals surface area contributed by atoms with Crippen LogP contribution in [0.1, 0.15) is 16.7 Å². The zero-order valence-electron chi connectivity index (χ0n) is 6.76. The minimum atomic E-state index is 1.28. The highest BCUT2D eigenvalue weighted by Crippen LogP contribution is 2.12. The predicted octanol–water partition coefficient (Wildman–Crippen LogP) is 3.67. The van der Waals surface area contributed by atoms with Crippen LogP contribution in [0.3, 0.4) is 0 Å². The Kier molecular flexibility index (Phi) is 2.89. The molecule has 0 fully saturated rings. The van der Waals surface area contributed by atoms with Crippen molar-refractivity contribution >= 4 is 22.0 Å². The lowest BCUT2D eigenvalue weighted by Gasteiger charge is -2.00. The third-order valence-electron chi connectivity index (χ3n) is 1.68. The highest BCUT2D eigenvalue weighted by Gasteiger charge is 1.92. The van der Waals surface area contributed by atoms with Gasteiger partial charge >= 0.3 is 0 Å². The quantitative estimate of drug-likeness (QED) is 0.664. The Labute approximate surface area is 76.1 Å². The Morgan fingerprint density at radius 1 is 1.27 bits per heavy atom. The summed E-state index contributed by atoms with van der Waals surface area (Å²) in [5, 5.41) is 0. The van der Waals surface area contributed by atoms with Crippen molar-refractivity contribution in [3.05, 3.63) is 39.9 Å². The molecule has 0 radical (unpaired) electrons. The van der Waals surface area contributed by atoms with Crippen LogP contribution in [0, 0.1) is 13.8 Å². The van der Waals surface area contributed by atoms with Crippen LogP contribution in [0.15, 0.2) is 23.2 Å². The van der Waals surface area contributed by atoms with Gasteiger partial charge in [0.2, 0.25) is 0 Å². The fourth-order valence-electron chi connectivity index (χ4n) is 1.01.